The fourth-order valence-corrected chi connectivity index (χ4v) is 1.88. The Morgan fingerprint density at radius 1 is 1.44 bits per heavy atom. The minimum absolute atomic E-state index is 0.156. The fourth-order valence-electron chi connectivity index (χ4n) is 1.88. The summed E-state index contributed by atoms with van der Waals surface area (Å²) in [5.41, 5.74) is 11.9. The monoisotopic (exact) mass is 223 g/mol. The van der Waals surface area contributed by atoms with Gasteiger partial charge in [0.25, 0.3) is 0 Å². The van der Waals surface area contributed by atoms with Crippen LogP contribution in [0.15, 0.2) is 0 Å². The average molecular weight is 223 g/mol. The van der Waals surface area contributed by atoms with E-state index in [4.69, 9.17) is 16.2 Å². The molecule has 0 unspecified atom stereocenters. The molecule has 6 heteroatoms. The molecule has 0 spiro atoms. The standard InChI is InChI=1S/C10H17N5O/c1-3-13-5-10(2)4-6-7(11)14-9(12)15-8(6)16-10/h13H,3-5H2,1-2H3,(H4,11,12,14,15)/t10-/m1/s1. The SMILES string of the molecule is CCNC[C@@]1(C)Cc2c(N)nc(N)nc2O1. The van der Waals surface area contributed by atoms with Gasteiger partial charge in [-0.25, -0.2) is 0 Å². The molecule has 0 fully saturated rings. The maximum absolute atomic E-state index is 5.79. The molecule has 0 saturated heterocycles. The second-order valence-corrected chi connectivity index (χ2v) is 4.26. The van der Waals surface area contributed by atoms with Crippen LogP contribution in [0.5, 0.6) is 5.88 Å². The number of hydrogen-bond donors (Lipinski definition) is 3. The molecule has 2 rings (SSSR count). The number of likely N-dealkylation sites (N-methyl/N-ethyl adjacent to an activating group) is 1. The van der Waals surface area contributed by atoms with Gasteiger partial charge >= 0.3 is 0 Å². The third-order valence-corrected chi connectivity index (χ3v) is 2.66. The predicted octanol–water partition coefficient (Wildman–Crippen LogP) is -0.0559. The van der Waals surface area contributed by atoms with Crippen molar-refractivity contribution in [3.63, 3.8) is 0 Å². The van der Waals surface area contributed by atoms with Gasteiger partial charge in [-0.05, 0) is 13.5 Å². The summed E-state index contributed by atoms with van der Waals surface area (Å²) in [5.74, 6) is 1.09. The van der Waals surface area contributed by atoms with Crippen molar-refractivity contribution in [2.24, 2.45) is 0 Å². The lowest BCUT2D eigenvalue weighted by molar-refractivity contribution is 0.110. The molecule has 5 N–H and O–H groups in total. The summed E-state index contributed by atoms with van der Waals surface area (Å²) in [5, 5.41) is 3.25. The number of aromatic nitrogens is 2. The van der Waals surface area contributed by atoms with Gasteiger partial charge in [0.2, 0.25) is 11.8 Å². The summed E-state index contributed by atoms with van der Waals surface area (Å²) in [7, 11) is 0. The first-order valence-corrected chi connectivity index (χ1v) is 5.35. The van der Waals surface area contributed by atoms with E-state index in [0.717, 1.165) is 18.7 Å². The summed E-state index contributed by atoms with van der Waals surface area (Å²) in [6, 6.07) is 0. The Kier molecular flexibility index (Phi) is 2.59. The van der Waals surface area contributed by atoms with Gasteiger partial charge in [0.15, 0.2) is 0 Å². The first-order chi connectivity index (χ1) is 7.54. The summed E-state index contributed by atoms with van der Waals surface area (Å²) in [6.07, 6.45) is 0.710. The van der Waals surface area contributed by atoms with Crippen molar-refractivity contribution in [2.75, 3.05) is 24.6 Å². The van der Waals surface area contributed by atoms with Crippen LogP contribution in [-0.4, -0.2) is 28.7 Å². The van der Waals surface area contributed by atoms with E-state index in [1.165, 1.54) is 0 Å². The van der Waals surface area contributed by atoms with Crippen LogP contribution in [0.1, 0.15) is 19.4 Å². The fraction of sp³-hybridized carbons (Fsp3) is 0.600. The second-order valence-electron chi connectivity index (χ2n) is 4.26. The van der Waals surface area contributed by atoms with Gasteiger partial charge in [0, 0.05) is 13.0 Å². The van der Waals surface area contributed by atoms with Crippen LogP contribution in [0.3, 0.4) is 0 Å². The maximum Gasteiger partial charge on any atom is 0.225 e. The Labute approximate surface area is 94.4 Å². The number of hydrogen-bond acceptors (Lipinski definition) is 6. The molecular formula is C10H17N5O. The van der Waals surface area contributed by atoms with Crippen LogP contribution in [0.2, 0.25) is 0 Å². The quantitative estimate of drug-likeness (QED) is 0.664. The molecular weight excluding hydrogens is 206 g/mol. The summed E-state index contributed by atoms with van der Waals surface area (Å²) in [4.78, 5) is 7.99. The van der Waals surface area contributed by atoms with Gasteiger partial charge in [0.1, 0.15) is 11.4 Å². The van der Waals surface area contributed by atoms with Crippen LogP contribution >= 0.6 is 0 Å². The number of nitrogen functional groups attached to an aromatic ring is 2. The van der Waals surface area contributed by atoms with Gasteiger partial charge in [0.05, 0.1) is 5.56 Å². The van der Waals surface area contributed by atoms with E-state index in [1.807, 2.05) is 6.92 Å². The topological polar surface area (TPSA) is 99.1 Å². The zero-order chi connectivity index (χ0) is 11.8. The Hall–Kier alpha value is -1.56. The van der Waals surface area contributed by atoms with E-state index >= 15 is 0 Å². The van der Waals surface area contributed by atoms with Crippen molar-refractivity contribution < 1.29 is 4.74 Å². The van der Waals surface area contributed by atoms with E-state index in [-0.39, 0.29) is 11.5 Å². The summed E-state index contributed by atoms with van der Waals surface area (Å²) < 4.78 is 5.78. The smallest absolute Gasteiger partial charge is 0.225 e. The molecule has 88 valence electrons. The number of anilines is 2. The molecule has 0 aliphatic carbocycles. The van der Waals surface area contributed by atoms with Crippen LogP contribution in [-0.2, 0) is 6.42 Å². The zero-order valence-corrected chi connectivity index (χ0v) is 9.58. The molecule has 0 aromatic carbocycles. The highest BCUT2D eigenvalue weighted by Gasteiger charge is 2.37. The van der Waals surface area contributed by atoms with Gasteiger partial charge in [-0.15, -0.1) is 0 Å². The number of nitrogens with one attached hydrogen (secondary N) is 1. The maximum atomic E-state index is 5.79. The minimum Gasteiger partial charge on any atom is -0.469 e. The van der Waals surface area contributed by atoms with E-state index in [1.54, 1.807) is 0 Å². The lowest BCUT2D eigenvalue weighted by atomic mass is 10.00. The van der Waals surface area contributed by atoms with Crippen molar-refractivity contribution in [1.82, 2.24) is 15.3 Å². The molecule has 1 aliphatic rings. The van der Waals surface area contributed by atoms with Gasteiger partial charge in [-0.2, -0.15) is 9.97 Å². The van der Waals surface area contributed by atoms with Crippen molar-refractivity contribution in [1.29, 1.82) is 0 Å². The Balaban J connectivity index is 2.23. The predicted molar refractivity (Wildman–Crippen MR) is 62.1 cm³/mol. The number of fused-ring (bicyclic) bond motifs is 1. The highest BCUT2D eigenvalue weighted by molar-refractivity contribution is 5.52. The molecule has 0 saturated carbocycles. The molecule has 16 heavy (non-hydrogen) atoms. The number of nitrogens with two attached hydrogens (primary N) is 2. The average Bonchev–Trinajstić information content (AvgIpc) is 2.53. The highest BCUT2D eigenvalue weighted by Crippen LogP contribution is 2.36. The molecule has 1 aromatic rings. The van der Waals surface area contributed by atoms with Crippen molar-refractivity contribution in [3.8, 4) is 5.88 Å². The van der Waals surface area contributed by atoms with Crippen LogP contribution in [0.4, 0.5) is 11.8 Å². The van der Waals surface area contributed by atoms with E-state index in [0.29, 0.717) is 18.1 Å². The first kappa shape index (κ1) is 10.9. The minimum atomic E-state index is -0.311. The number of rotatable bonds is 3. The van der Waals surface area contributed by atoms with Gasteiger partial charge in [-0.1, -0.05) is 6.92 Å². The van der Waals surface area contributed by atoms with Crippen molar-refractivity contribution in [3.05, 3.63) is 5.56 Å². The lowest BCUT2D eigenvalue weighted by Crippen LogP contribution is -2.41. The molecule has 0 amide bonds. The van der Waals surface area contributed by atoms with Crippen LogP contribution < -0.4 is 21.5 Å². The van der Waals surface area contributed by atoms with Crippen LogP contribution in [0.25, 0.3) is 0 Å². The zero-order valence-electron chi connectivity index (χ0n) is 9.58. The van der Waals surface area contributed by atoms with Gasteiger partial charge in [-0.3, -0.25) is 0 Å². The normalized spacial score (nSPS) is 22.9. The van der Waals surface area contributed by atoms with E-state index in [9.17, 15) is 0 Å². The molecule has 1 atom stereocenters. The Morgan fingerprint density at radius 3 is 2.88 bits per heavy atom. The first-order valence-electron chi connectivity index (χ1n) is 5.35. The largest absolute Gasteiger partial charge is 0.469 e. The second kappa shape index (κ2) is 3.79. The summed E-state index contributed by atoms with van der Waals surface area (Å²) in [6.45, 7) is 5.72. The summed E-state index contributed by atoms with van der Waals surface area (Å²) >= 11 is 0. The molecule has 0 bridgehead atoms. The Bertz CT molecular complexity index is 408. The van der Waals surface area contributed by atoms with Gasteiger partial charge < -0.3 is 21.5 Å². The molecule has 2 heterocycles. The third kappa shape index (κ3) is 1.88. The van der Waals surface area contributed by atoms with Crippen molar-refractivity contribution in [2.45, 2.75) is 25.9 Å². The van der Waals surface area contributed by atoms with E-state index < -0.39 is 0 Å². The highest BCUT2D eigenvalue weighted by atomic mass is 16.5. The third-order valence-electron chi connectivity index (χ3n) is 2.66. The number of nitrogens with zero attached hydrogens (tertiary/aromatic N) is 2. The molecule has 1 aliphatic heterocycles. The number of ether oxygens (including phenoxy) is 1. The van der Waals surface area contributed by atoms with Crippen LogP contribution in [0, 0.1) is 0 Å². The molecule has 0 radical (unpaired) electrons. The molecule has 1 aromatic heterocycles. The van der Waals surface area contributed by atoms with Crippen molar-refractivity contribution >= 4 is 11.8 Å². The van der Waals surface area contributed by atoms with E-state index in [2.05, 4.69) is 22.2 Å². The Morgan fingerprint density at radius 2 is 2.19 bits per heavy atom. The molecule has 6 nitrogen and oxygen atoms in total. The lowest BCUT2D eigenvalue weighted by Gasteiger charge is -2.23.